The molecular formula is C15H11N7. The summed E-state index contributed by atoms with van der Waals surface area (Å²) in [4.78, 5) is 21.1. The van der Waals surface area contributed by atoms with Gasteiger partial charge in [0.05, 0.1) is 23.3 Å². The Morgan fingerprint density at radius 1 is 0.864 bits per heavy atom. The molecule has 0 atom stereocenters. The van der Waals surface area contributed by atoms with Crippen LogP contribution in [0.5, 0.6) is 0 Å². The second-order valence-corrected chi connectivity index (χ2v) is 4.66. The molecule has 7 heteroatoms. The van der Waals surface area contributed by atoms with Crippen molar-refractivity contribution >= 4 is 17.0 Å². The van der Waals surface area contributed by atoms with E-state index in [1.807, 2.05) is 34.9 Å². The first kappa shape index (κ1) is 12.4. The molecule has 106 valence electrons. The van der Waals surface area contributed by atoms with Gasteiger partial charge in [-0.25, -0.2) is 15.0 Å². The molecule has 0 aliphatic carbocycles. The van der Waals surface area contributed by atoms with Gasteiger partial charge in [-0.15, -0.1) is 0 Å². The highest BCUT2D eigenvalue weighted by atomic mass is 15.1. The van der Waals surface area contributed by atoms with Crippen LogP contribution in [0, 0.1) is 0 Å². The Morgan fingerprint density at radius 3 is 2.55 bits per heavy atom. The highest BCUT2D eigenvalue weighted by molar-refractivity contribution is 5.82. The third-order valence-electron chi connectivity index (χ3n) is 3.32. The van der Waals surface area contributed by atoms with Gasteiger partial charge in [0, 0.05) is 6.20 Å². The molecule has 4 aromatic heterocycles. The molecule has 0 spiro atoms. The molecule has 4 aromatic rings. The maximum absolute atomic E-state index is 5.80. The molecule has 2 N–H and O–H groups in total. The topological polar surface area (TPSA) is 95.4 Å². The van der Waals surface area contributed by atoms with Crippen LogP contribution >= 0.6 is 0 Å². The van der Waals surface area contributed by atoms with Crippen molar-refractivity contribution in [2.45, 2.75) is 0 Å². The van der Waals surface area contributed by atoms with E-state index >= 15 is 0 Å². The largest absolute Gasteiger partial charge is 0.382 e. The summed E-state index contributed by atoms with van der Waals surface area (Å²) in [7, 11) is 0. The van der Waals surface area contributed by atoms with Crippen LogP contribution < -0.4 is 5.73 Å². The van der Waals surface area contributed by atoms with Crippen molar-refractivity contribution in [3.8, 4) is 17.1 Å². The molecule has 0 saturated carbocycles. The van der Waals surface area contributed by atoms with Crippen LogP contribution in [0.25, 0.3) is 28.2 Å². The number of nitrogen functional groups attached to an aromatic ring is 1. The van der Waals surface area contributed by atoms with E-state index in [0.29, 0.717) is 17.0 Å². The Balaban J connectivity index is 1.78. The standard InChI is InChI=1S/C15H11N7/c16-14-13-15(20-8-19-14)22(9-21-13)10-4-5-12(18-7-10)11-3-1-2-6-17-11/h1-9H,(H2,16,19,20). The van der Waals surface area contributed by atoms with Crippen molar-refractivity contribution in [3.63, 3.8) is 0 Å². The number of hydrogen-bond donors (Lipinski definition) is 1. The molecule has 0 aliphatic rings. The molecule has 0 aliphatic heterocycles. The molecule has 4 heterocycles. The molecule has 4 rings (SSSR count). The number of fused-ring (bicyclic) bond motifs is 1. The van der Waals surface area contributed by atoms with Gasteiger partial charge in [-0.1, -0.05) is 6.07 Å². The van der Waals surface area contributed by atoms with Crippen molar-refractivity contribution in [2.75, 3.05) is 5.73 Å². The lowest BCUT2D eigenvalue weighted by molar-refractivity contribution is 1.04. The molecule has 0 saturated heterocycles. The van der Waals surface area contributed by atoms with Crippen molar-refractivity contribution in [2.24, 2.45) is 0 Å². The zero-order valence-electron chi connectivity index (χ0n) is 11.5. The second-order valence-electron chi connectivity index (χ2n) is 4.66. The van der Waals surface area contributed by atoms with Crippen LogP contribution in [-0.2, 0) is 0 Å². The van der Waals surface area contributed by atoms with E-state index in [9.17, 15) is 0 Å². The Hall–Kier alpha value is -3.35. The molecule has 0 fully saturated rings. The SMILES string of the molecule is Nc1ncnc2c1ncn2-c1ccc(-c2ccccn2)nc1. The molecule has 22 heavy (non-hydrogen) atoms. The van der Waals surface area contributed by atoms with Crippen LogP contribution in [-0.4, -0.2) is 29.5 Å². The third kappa shape index (κ3) is 1.96. The summed E-state index contributed by atoms with van der Waals surface area (Å²) in [6.45, 7) is 0. The zero-order chi connectivity index (χ0) is 14.9. The van der Waals surface area contributed by atoms with Crippen LogP contribution in [0.4, 0.5) is 5.82 Å². The Kier molecular flexibility index (Phi) is 2.75. The van der Waals surface area contributed by atoms with Gasteiger partial charge in [0.25, 0.3) is 0 Å². The molecule has 0 aromatic carbocycles. The lowest BCUT2D eigenvalue weighted by Crippen LogP contribution is -1.98. The highest BCUT2D eigenvalue weighted by Gasteiger charge is 2.09. The summed E-state index contributed by atoms with van der Waals surface area (Å²) in [6, 6.07) is 9.58. The first-order chi connectivity index (χ1) is 10.8. The number of pyridine rings is 2. The van der Waals surface area contributed by atoms with Crippen LogP contribution in [0.2, 0.25) is 0 Å². The van der Waals surface area contributed by atoms with Gasteiger partial charge in [0.15, 0.2) is 17.0 Å². The minimum Gasteiger partial charge on any atom is -0.382 e. The van der Waals surface area contributed by atoms with Crippen LogP contribution in [0.15, 0.2) is 55.4 Å². The number of rotatable bonds is 2. The fourth-order valence-corrected chi connectivity index (χ4v) is 2.24. The first-order valence-corrected chi connectivity index (χ1v) is 6.64. The average Bonchev–Trinajstić information content (AvgIpc) is 3.01. The zero-order valence-corrected chi connectivity index (χ0v) is 11.5. The van der Waals surface area contributed by atoms with Gasteiger partial charge >= 0.3 is 0 Å². The van der Waals surface area contributed by atoms with Gasteiger partial charge in [-0.05, 0) is 24.3 Å². The number of nitrogens with zero attached hydrogens (tertiary/aromatic N) is 6. The summed E-state index contributed by atoms with van der Waals surface area (Å²) in [5.41, 5.74) is 9.51. The predicted octanol–water partition coefficient (Wildman–Crippen LogP) is 1.85. The molecule has 0 bridgehead atoms. The summed E-state index contributed by atoms with van der Waals surface area (Å²) < 4.78 is 1.82. The van der Waals surface area contributed by atoms with E-state index in [0.717, 1.165) is 17.1 Å². The van der Waals surface area contributed by atoms with Crippen molar-refractivity contribution in [1.29, 1.82) is 0 Å². The van der Waals surface area contributed by atoms with Crippen LogP contribution in [0.3, 0.4) is 0 Å². The third-order valence-corrected chi connectivity index (χ3v) is 3.32. The van der Waals surface area contributed by atoms with E-state index in [-0.39, 0.29) is 0 Å². The van der Waals surface area contributed by atoms with Gasteiger partial charge < -0.3 is 5.73 Å². The van der Waals surface area contributed by atoms with E-state index in [1.165, 1.54) is 6.33 Å². The smallest absolute Gasteiger partial charge is 0.170 e. The summed E-state index contributed by atoms with van der Waals surface area (Å²) in [6.07, 6.45) is 6.58. The minimum atomic E-state index is 0.363. The summed E-state index contributed by atoms with van der Waals surface area (Å²) in [5, 5.41) is 0. The Labute approximate surface area is 125 Å². The van der Waals surface area contributed by atoms with E-state index in [1.54, 1.807) is 18.7 Å². The number of anilines is 1. The average molecular weight is 289 g/mol. The highest BCUT2D eigenvalue weighted by Crippen LogP contribution is 2.20. The molecular weight excluding hydrogens is 278 g/mol. The minimum absolute atomic E-state index is 0.363. The molecule has 0 unspecified atom stereocenters. The lowest BCUT2D eigenvalue weighted by atomic mass is 10.2. The maximum atomic E-state index is 5.80. The molecule has 7 nitrogen and oxygen atoms in total. The van der Waals surface area contributed by atoms with Gasteiger partial charge in [0.2, 0.25) is 0 Å². The van der Waals surface area contributed by atoms with Gasteiger partial charge in [0.1, 0.15) is 12.7 Å². The number of hydrogen-bond acceptors (Lipinski definition) is 6. The summed E-state index contributed by atoms with van der Waals surface area (Å²) in [5.74, 6) is 0.363. The van der Waals surface area contributed by atoms with Gasteiger partial charge in [-0.3, -0.25) is 14.5 Å². The maximum Gasteiger partial charge on any atom is 0.170 e. The van der Waals surface area contributed by atoms with E-state index in [4.69, 9.17) is 5.73 Å². The monoisotopic (exact) mass is 289 g/mol. The van der Waals surface area contributed by atoms with Crippen molar-refractivity contribution < 1.29 is 0 Å². The van der Waals surface area contributed by atoms with Crippen molar-refractivity contribution in [1.82, 2.24) is 29.5 Å². The predicted molar refractivity (Wildman–Crippen MR) is 82.1 cm³/mol. The van der Waals surface area contributed by atoms with E-state index < -0.39 is 0 Å². The van der Waals surface area contributed by atoms with E-state index in [2.05, 4.69) is 24.9 Å². The Bertz CT molecular complexity index is 929. The second kappa shape index (κ2) is 4.88. The number of aromatic nitrogens is 6. The number of nitrogens with two attached hydrogens (primary N) is 1. The molecule has 0 radical (unpaired) electrons. The Morgan fingerprint density at radius 2 is 1.77 bits per heavy atom. The quantitative estimate of drug-likeness (QED) is 0.605. The lowest BCUT2D eigenvalue weighted by Gasteiger charge is -2.05. The van der Waals surface area contributed by atoms with Gasteiger partial charge in [-0.2, -0.15) is 0 Å². The van der Waals surface area contributed by atoms with Crippen LogP contribution in [0.1, 0.15) is 0 Å². The normalized spacial score (nSPS) is 10.9. The van der Waals surface area contributed by atoms with Crippen molar-refractivity contribution in [3.05, 3.63) is 55.4 Å². The fraction of sp³-hybridized carbons (Fsp3) is 0. The fourth-order valence-electron chi connectivity index (χ4n) is 2.24. The molecule has 0 amide bonds. The number of imidazole rings is 1. The summed E-state index contributed by atoms with van der Waals surface area (Å²) >= 11 is 0. The first-order valence-electron chi connectivity index (χ1n) is 6.64.